The van der Waals surface area contributed by atoms with Gasteiger partial charge in [0.05, 0.1) is 12.7 Å². The maximum Gasteiger partial charge on any atom is 0.416 e. The van der Waals surface area contributed by atoms with Crippen molar-refractivity contribution >= 4 is 11.8 Å². The number of ether oxygens (including phenoxy) is 1. The van der Waals surface area contributed by atoms with Gasteiger partial charge in [-0.3, -0.25) is 9.59 Å². The highest BCUT2D eigenvalue weighted by Gasteiger charge is 2.31. The van der Waals surface area contributed by atoms with Gasteiger partial charge in [-0.1, -0.05) is 12.1 Å². The zero-order chi connectivity index (χ0) is 19.6. The molecule has 1 aliphatic heterocycles. The normalized spacial score (nSPS) is 16.7. The van der Waals surface area contributed by atoms with Crippen molar-refractivity contribution in [2.45, 2.75) is 18.6 Å². The Labute approximate surface area is 153 Å². The molecule has 0 bridgehead atoms. The van der Waals surface area contributed by atoms with Crippen LogP contribution in [0.15, 0.2) is 42.5 Å². The maximum atomic E-state index is 13.0. The first kappa shape index (κ1) is 18.8. The van der Waals surface area contributed by atoms with Crippen LogP contribution >= 0.6 is 0 Å². The summed E-state index contributed by atoms with van der Waals surface area (Å²) in [6.07, 6.45) is -4.00. The summed E-state index contributed by atoms with van der Waals surface area (Å²) in [5, 5.41) is 5.25. The number of carbonyl (C=O) groups excluding carboxylic acids is 2. The van der Waals surface area contributed by atoms with Gasteiger partial charge in [0.2, 0.25) is 5.91 Å². The zero-order valence-corrected chi connectivity index (χ0v) is 14.4. The number of alkyl halides is 3. The van der Waals surface area contributed by atoms with E-state index in [9.17, 15) is 22.8 Å². The molecule has 142 valence electrons. The fourth-order valence-corrected chi connectivity index (χ4v) is 2.91. The molecule has 8 heteroatoms. The van der Waals surface area contributed by atoms with Crippen LogP contribution in [0, 0.1) is 0 Å². The quantitative estimate of drug-likeness (QED) is 0.860. The van der Waals surface area contributed by atoms with Crippen LogP contribution < -0.4 is 15.4 Å². The van der Waals surface area contributed by atoms with Crippen molar-refractivity contribution in [2.24, 2.45) is 0 Å². The van der Waals surface area contributed by atoms with Crippen LogP contribution in [0.2, 0.25) is 0 Å². The van der Waals surface area contributed by atoms with Crippen LogP contribution in [-0.2, 0) is 11.0 Å². The molecule has 2 aromatic carbocycles. The van der Waals surface area contributed by atoms with Gasteiger partial charge in [-0.2, -0.15) is 13.2 Å². The Bertz CT molecular complexity index is 881. The molecule has 27 heavy (non-hydrogen) atoms. The van der Waals surface area contributed by atoms with E-state index in [1.54, 1.807) is 12.1 Å². The number of methoxy groups -OCH3 is 1. The third-order valence-electron chi connectivity index (χ3n) is 4.32. The molecule has 0 aromatic heterocycles. The number of halogens is 3. The minimum absolute atomic E-state index is 0.223. The Morgan fingerprint density at radius 1 is 1.22 bits per heavy atom. The van der Waals surface area contributed by atoms with Gasteiger partial charge in [0, 0.05) is 17.7 Å². The predicted molar refractivity (Wildman–Crippen MR) is 92.3 cm³/mol. The molecular weight excluding hydrogens is 361 g/mol. The average molecular weight is 378 g/mol. The molecule has 1 saturated heterocycles. The molecule has 2 aromatic rings. The second kappa shape index (κ2) is 7.30. The lowest BCUT2D eigenvalue weighted by molar-refractivity contribution is -0.137. The molecule has 1 fully saturated rings. The summed E-state index contributed by atoms with van der Waals surface area (Å²) in [5.74, 6) is -0.459. The van der Waals surface area contributed by atoms with Gasteiger partial charge in [0.25, 0.3) is 5.91 Å². The van der Waals surface area contributed by atoms with Crippen molar-refractivity contribution in [2.75, 3.05) is 13.7 Å². The second-order valence-electron chi connectivity index (χ2n) is 6.10. The highest BCUT2D eigenvalue weighted by Crippen LogP contribution is 2.37. The summed E-state index contributed by atoms with van der Waals surface area (Å²) in [6.45, 7) is 0.491. The molecule has 0 saturated carbocycles. The number of hydrogen-bond acceptors (Lipinski definition) is 3. The van der Waals surface area contributed by atoms with E-state index in [1.807, 2.05) is 0 Å². The van der Waals surface area contributed by atoms with Gasteiger partial charge in [-0.15, -0.1) is 0 Å². The van der Waals surface area contributed by atoms with E-state index >= 15 is 0 Å². The third kappa shape index (κ3) is 4.05. The van der Waals surface area contributed by atoms with Crippen LogP contribution in [0.4, 0.5) is 13.2 Å². The molecule has 0 aliphatic carbocycles. The molecule has 1 heterocycles. The SMILES string of the molecule is COc1ccc(C(F)(F)F)cc1-c1cccc(C(=O)N[C@H]2CCNC2=O)c1. The number of carbonyl (C=O) groups is 2. The second-order valence-corrected chi connectivity index (χ2v) is 6.10. The molecule has 1 aliphatic rings. The molecule has 2 N–H and O–H groups in total. The van der Waals surface area contributed by atoms with Crippen LogP contribution in [0.5, 0.6) is 5.75 Å². The number of benzene rings is 2. The van der Waals surface area contributed by atoms with Crippen molar-refractivity contribution in [3.8, 4) is 16.9 Å². The Kier molecular flexibility index (Phi) is 5.07. The molecule has 0 radical (unpaired) electrons. The predicted octanol–water partition coefficient (Wildman–Crippen LogP) is 3.00. The Hall–Kier alpha value is -3.03. The van der Waals surface area contributed by atoms with E-state index < -0.39 is 23.7 Å². The molecule has 1 atom stereocenters. The van der Waals surface area contributed by atoms with E-state index in [2.05, 4.69) is 10.6 Å². The lowest BCUT2D eigenvalue weighted by Gasteiger charge is -2.14. The molecule has 2 amide bonds. The van der Waals surface area contributed by atoms with Gasteiger partial charge in [0.15, 0.2) is 0 Å². The van der Waals surface area contributed by atoms with Crippen LogP contribution in [0.3, 0.4) is 0 Å². The first-order valence-electron chi connectivity index (χ1n) is 8.24. The van der Waals surface area contributed by atoms with Gasteiger partial charge >= 0.3 is 6.18 Å². The number of rotatable bonds is 4. The summed E-state index contributed by atoms with van der Waals surface area (Å²) in [4.78, 5) is 24.0. The van der Waals surface area contributed by atoms with Crippen molar-refractivity contribution in [1.82, 2.24) is 10.6 Å². The van der Waals surface area contributed by atoms with Gasteiger partial charge < -0.3 is 15.4 Å². The van der Waals surface area contributed by atoms with E-state index in [-0.39, 0.29) is 22.8 Å². The summed E-state index contributed by atoms with van der Waals surface area (Å²) in [7, 11) is 1.36. The lowest BCUT2D eigenvalue weighted by atomic mass is 9.99. The number of nitrogens with one attached hydrogen (secondary N) is 2. The first-order chi connectivity index (χ1) is 12.8. The van der Waals surface area contributed by atoms with Crippen LogP contribution in [-0.4, -0.2) is 31.5 Å². The number of amides is 2. The third-order valence-corrected chi connectivity index (χ3v) is 4.32. The average Bonchev–Trinajstić information content (AvgIpc) is 3.05. The highest BCUT2D eigenvalue weighted by molar-refractivity contribution is 5.99. The van der Waals surface area contributed by atoms with Crippen molar-refractivity contribution < 1.29 is 27.5 Å². The minimum atomic E-state index is -4.49. The first-order valence-corrected chi connectivity index (χ1v) is 8.24. The van der Waals surface area contributed by atoms with E-state index in [0.717, 1.165) is 12.1 Å². The van der Waals surface area contributed by atoms with Crippen molar-refractivity contribution in [3.63, 3.8) is 0 Å². The summed E-state index contributed by atoms with van der Waals surface area (Å²) in [5.41, 5.74) is 0.0597. The fourth-order valence-electron chi connectivity index (χ4n) is 2.91. The largest absolute Gasteiger partial charge is 0.496 e. The molecule has 3 rings (SSSR count). The fraction of sp³-hybridized carbons (Fsp3) is 0.263. The lowest BCUT2D eigenvalue weighted by Crippen LogP contribution is -2.40. The van der Waals surface area contributed by atoms with Crippen LogP contribution in [0.25, 0.3) is 11.1 Å². The molecular formula is C19H17F3N2O3. The summed E-state index contributed by atoms with van der Waals surface area (Å²) < 4.78 is 44.3. The molecule has 5 nitrogen and oxygen atoms in total. The standard InChI is InChI=1S/C19H17F3N2O3/c1-27-16-6-5-13(19(20,21)22)10-14(16)11-3-2-4-12(9-11)17(25)24-15-7-8-23-18(15)26/h2-6,9-10,15H,7-8H2,1H3,(H,23,26)(H,24,25)/t15-/m0/s1. The Balaban J connectivity index is 1.93. The van der Waals surface area contributed by atoms with Crippen molar-refractivity contribution in [3.05, 3.63) is 53.6 Å². The summed E-state index contributed by atoms with van der Waals surface area (Å²) >= 11 is 0. The zero-order valence-electron chi connectivity index (χ0n) is 14.4. The van der Waals surface area contributed by atoms with Gasteiger partial charge in [0.1, 0.15) is 11.8 Å². The van der Waals surface area contributed by atoms with Gasteiger partial charge in [-0.25, -0.2) is 0 Å². The van der Waals surface area contributed by atoms with Gasteiger partial charge in [-0.05, 0) is 42.3 Å². The minimum Gasteiger partial charge on any atom is -0.496 e. The maximum absolute atomic E-state index is 13.0. The Morgan fingerprint density at radius 3 is 2.63 bits per heavy atom. The van der Waals surface area contributed by atoms with Crippen LogP contribution in [0.1, 0.15) is 22.3 Å². The van der Waals surface area contributed by atoms with E-state index in [4.69, 9.17) is 4.74 Å². The Morgan fingerprint density at radius 2 is 2.00 bits per heavy atom. The van der Waals surface area contributed by atoms with E-state index in [0.29, 0.717) is 18.5 Å². The number of hydrogen-bond donors (Lipinski definition) is 2. The monoisotopic (exact) mass is 378 g/mol. The molecule has 0 spiro atoms. The topological polar surface area (TPSA) is 67.4 Å². The van der Waals surface area contributed by atoms with Crippen molar-refractivity contribution in [1.29, 1.82) is 0 Å². The summed E-state index contributed by atoms with van der Waals surface area (Å²) in [6, 6.07) is 8.73. The highest BCUT2D eigenvalue weighted by atomic mass is 19.4. The molecule has 0 unspecified atom stereocenters. The van der Waals surface area contributed by atoms with E-state index in [1.165, 1.54) is 25.3 Å². The smallest absolute Gasteiger partial charge is 0.416 e.